The number of anilines is 1. The molecule has 0 radical (unpaired) electrons. The summed E-state index contributed by atoms with van der Waals surface area (Å²) in [7, 11) is 0. The Labute approximate surface area is 164 Å². The summed E-state index contributed by atoms with van der Waals surface area (Å²) >= 11 is 1.74. The van der Waals surface area contributed by atoms with Crippen molar-refractivity contribution in [1.82, 2.24) is 4.98 Å². The third-order valence-corrected chi connectivity index (χ3v) is 7.93. The smallest absolute Gasteiger partial charge is 0.0901 e. The molecule has 5 atom stereocenters. The molecule has 136 valence electrons. The van der Waals surface area contributed by atoms with Crippen molar-refractivity contribution >= 4 is 17.0 Å². The molecule has 3 aliphatic rings. The van der Waals surface area contributed by atoms with Crippen molar-refractivity contribution in [2.45, 2.75) is 38.1 Å². The van der Waals surface area contributed by atoms with E-state index in [4.69, 9.17) is 4.98 Å². The van der Waals surface area contributed by atoms with E-state index in [2.05, 4.69) is 66.2 Å². The van der Waals surface area contributed by atoms with Crippen molar-refractivity contribution in [3.63, 3.8) is 0 Å². The van der Waals surface area contributed by atoms with Gasteiger partial charge < -0.3 is 5.32 Å². The second-order valence-corrected chi connectivity index (χ2v) is 9.59. The van der Waals surface area contributed by atoms with Gasteiger partial charge >= 0.3 is 0 Å². The minimum atomic E-state index is 0.450. The first-order chi connectivity index (χ1) is 13.3. The van der Waals surface area contributed by atoms with Crippen LogP contribution in [0.15, 0.2) is 53.9 Å². The highest BCUT2D eigenvalue weighted by atomic mass is 32.1. The second-order valence-electron chi connectivity index (χ2n) is 8.52. The van der Waals surface area contributed by atoms with Gasteiger partial charge in [-0.25, -0.2) is 4.98 Å². The van der Waals surface area contributed by atoms with Crippen LogP contribution in [0, 0.1) is 24.7 Å². The van der Waals surface area contributed by atoms with E-state index in [0.717, 1.165) is 28.5 Å². The van der Waals surface area contributed by atoms with Crippen LogP contribution in [0.5, 0.6) is 0 Å². The molecule has 2 aromatic carbocycles. The van der Waals surface area contributed by atoms with Gasteiger partial charge in [0.15, 0.2) is 0 Å². The molecule has 6 rings (SSSR count). The summed E-state index contributed by atoms with van der Waals surface area (Å²) < 4.78 is 0. The molecule has 1 aromatic heterocycles. The van der Waals surface area contributed by atoms with Gasteiger partial charge in [0.25, 0.3) is 0 Å². The molecule has 2 aliphatic carbocycles. The van der Waals surface area contributed by atoms with Gasteiger partial charge in [-0.3, -0.25) is 0 Å². The van der Waals surface area contributed by atoms with E-state index >= 15 is 0 Å². The van der Waals surface area contributed by atoms with Gasteiger partial charge in [0.1, 0.15) is 0 Å². The van der Waals surface area contributed by atoms with E-state index in [-0.39, 0.29) is 0 Å². The first kappa shape index (κ1) is 15.9. The Kier molecular flexibility index (Phi) is 3.49. The summed E-state index contributed by atoms with van der Waals surface area (Å²) in [4.78, 5) is 4.72. The lowest BCUT2D eigenvalue weighted by Crippen LogP contribution is -2.35. The fourth-order valence-corrected chi connectivity index (χ4v) is 6.75. The van der Waals surface area contributed by atoms with Crippen LogP contribution in [-0.2, 0) is 0 Å². The van der Waals surface area contributed by atoms with E-state index in [1.807, 2.05) is 0 Å². The van der Waals surface area contributed by atoms with E-state index in [0.29, 0.717) is 12.0 Å². The zero-order valence-electron chi connectivity index (χ0n) is 15.6. The van der Waals surface area contributed by atoms with Crippen LogP contribution < -0.4 is 5.32 Å². The van der Waals surface area contributed by atoms with Gasteiger partial charge in [0.2, 0.25) is 0 Å². The normalized spacial score (nSPS) is 30.6. The third kappa shape index (κ3) is 2.41. The van der Waals surface area contributed by atoms with Crippen molar-refractivity contribution < 1.29 is 0 Å². The van der Waals surface area contributed by atoms with Crippen LogP contribution in [-0.4, -0.2) is 4.98 Å². The Morgan fingerprint density at radius 2 is 1.89 bits per heavy atom. The molecule has 2 bridgehead atoms. The van der Waals surface area contributed by atoms with E-state index < -0.39 is 0 Å². The largest absolute Gasteiger partial charge is 0.378 e. The van der Waals surface area contributed by atoms with Crippen molar-refractivity contribution in [2.24, 2.45) is 17.8 Å². The molecule has 27 heavy (non-hydrogen) atoms. The number of rotatable bonds is 2. The average molecular weight is 373 g/mol. The fraction of sp³-hybridized carbons (Fsp3) is 0.375. The van der Waals surface area contributed by atoms with Gasteiger partial charge in [-0.15, -0.1) is 11.3 Å². The maximum atomic E-state index is 4.72. The highest BCUT2D eigenvalue weighted by molar-refractivity contribution is 7.09. The molecule has 1 aliphatic heterocycles. The van der Waals surface area contributed by atoms with Crippen molar-refractivity contribution in [2.75, 3.05) is 5.32 Å². The molecule has 0 amide bonds. The molecular formula is C24H24N2S. The number of benzene rings is 2. The Morgan fingerprint density at radius 1 is 1.04 bits per heavy atom. The number of aryl methyl sites for hydroxylation is 1. The van der Waals surface area contributed by atoms with Gasteiger partial charge in [-0.05, 0) is 73.1 Å². The predicted octanol–water partition coefficient (Wildman–Crippen LogP) is 6.42. The second kappa shape index (κ2) is 5.93. The molecule has 3 aromatic rings. The number of nitrogens with one attached hydrogen (secondary N) is 1. The van der Waals surface area contributed by atoms with E-state index in [9.17, 15) is 0 Å². The van der Waals surface area contributed by atoms with Crippen LogP contribution in [0.1, 0.15) is 47.4 Å². The lowest BCUT2D eigenvalue weighted by molar-refractivity contribution is 0.247. The van der Waals surface area contributed by atoms with Gasteiger partial charge in [-0.1, -0.05) is 36.4 Å². The quantitative estimate of drug-likeness (QED) is 0.562. The SMILES string of the molecule is Cc1nc(-c2ccc3c(c2)C2C4CCC(C4)C2C(c2ccccc2)N3)cs1. The first-order valence-corrected chi connectivity index (χ1v) is 11.0. The lowest BCUT2D eigenvalue weighted by Gasteiger charge is -2.43. The predicted molar refractivity (Wildman–Crippen MR) is 112 cm³/mol. The molecule has 2 heterocycles. The molecule has 0 spiro atoms. The third-order valence-electron chi connectivity index (χ3n) is 7.16. The number of hydrogen-bond donors (Lipinski definition) is 1. The maximum absolute atomic E-state index is 4.72. The topological polar surface area (TPSA) is 24.9 Å². The van der Waals surface area contributed by atoms with E-state index in [1.54, 1.807) is 16.9 Å². The Balaban J connectivity index is 1.47. The van der Waals surface area contributed by atoms with E-state index in [1.165, 1.54) is 36.1 Å². The summed E-state index contributed by atoms with van der Waals surface area (Å²) in [6, 6.07) is 18.5. The van der Waals surface area contributed by atoms with Crippen molar-refractivity contribution in [3.05, 3.63) is 70.0 Å². The summed E-state index contributed by atoms with van der Waals surface area (Å²) in [6.07, 6.45) is 4.24. The van der Waals surface area contributed by atoms with Crippen LogP contribution in [0.4, 0.5) is 5.69 Å². The maximum Gasteiger partial charge on any atom is 0.0901 e. The first-order valence-electron chi connectivity index (χ1n) is 10.2. The highest BCUT2D eigenvalue weighted by Gasteiger charge is 2.53. The molecule has 0 saturated heterocycles. The molecule has 2 nitrogen and oxygen atoms in total. The minimum absolute atomic E-state index is 0.450. The summed E-state index contributed by atoms with van der Waals surface area (Å²) in [6.45, 7) is 2.09. The number of thiazole rings is 1. The number of nitrogens with zero attached hydrogens (tertiary/aromatic N) is 1. The van der Waals surface area contributed by atoms with Crippen molar-refractivity contribution in [1.29, 1.82) is 0 Å². The monoisotopic (exact) mass is 372 g/mol. The van der Waals surface area contributed by atoms with Crippen LogP contribution in [0.2, 0.25) is 0 Å². The average Bonchev–Trinajstić information content (AvgIpc) is 3.44. The van der Waals surface area contributed by atoms with Gasteiger partial charge in [0, 0.05) is 16.6 Å². The van der Waals surface area contributed by atoms with Crippen LogP contribution in [0.25, 0.3) is 11.3 Å². The van der Waals surface area contributed by atoms with Crippen LogP contribution in [0.3, 0.4) is 0 Å². The molecule has 3 heteroatoms. The summed E-state index contributed by atoms with van der Waals surface area (Å²) in [5.74, 6) is 3.16. The standard InChI is InChI=1S/C24H24N2S/c1-14-25-21(13-27-14)16-9-10-20-19(12-16)22-17-7-8-18(11-17)23(22)24(26-20)15-5-3-2-4-6-15/h2-6,9-10,12-13,17-18,22-24,26H,7-8,11H2,1H3. The van der Waals surface area contributed by atoms with Gasteiger partial charge in [-0.2, -0.15) is 0 Å². The Morgan fingerprint density at radius 3 is 2.70 bits per heavy atom. The molecule has 1 N–H and O–H groups in total. The molecule has 2 fully saturated rings. The number of fused-ring (bicyclic) bond motifs is 7. The zero-order chi connectivity index (χ0) is 18.0. The highest BCUT2D eigenvalue weighted by Crippen LogP contribution is 2.63. The van der Waals surface area contributed by atoms with Gasteiger partial charge in [0.05, 0.1) is 16.7 Å². The molecular weight excluding hydrogens is 348 g/mol. The molecule has 5 unspecified atom stereocenters. The van der Waals surface area contributed by atoms with Crippen LogP contribution >= 0.6 is 11.3 Å². The number of hydrogen-bond acceptors (Lipinski definition) is 3. The Hall–Kier alpha value is -2.13. The molecule has 2 saturated carbocycles. The minimum Gasteiger partial charge on any atom is -0.378 e. The lowest BCUT2D eigenvalue weighted by atomic mass is 9.68. The summed E-state index contributed by atoms with van der Waals surface area (Å²) in [5, 5.41) is 7.27. The summed E-state index contributed by atoms with van der Waals surface area (Å²) in [5.41, 5.74) is 6.74. The van der Waals surface area contributed by atoms with Crippen molar-refractivity contribution in [3.8, 4) is 11.3 Å². The fourth-order valence-electron chi connectivity index (χ4n) is 6.13. The zero-order valence-corrected chi connectivity index (χ0v) is 16.4. The number of aromatic nitrogens is 1. The Bertz CT molecular complexity index is 993.